The van der Waals surface area contributed by atoms with Crippen molar-refractivity contribution in [2.75, 3.05) is 14.2 Å². The molecule has 0 fully saturated rings. The van der Waals surface area contributed by atoms with Crippen molar-refractivity contribution in [3.8, 4) is 0 Å². The summed E-state index contributed by atoms with van der Waals surface area (Å²) in [5.41, 5.74) is 1.84. The van der Waals surface area contributed by atoms with E-state index < -0.39 is 17.6 Å². The van der Waals surface area contributed by atoms with Crippen molar-refractivity contribution in [2.24, 2.45) is 0 Å². The Hall–Kier alpha value is -3.08. The van der Waals surface area contributed by atoms with Gasteiger partial charge in [-0.2, -0.15) is 0 Å². The highest BCUT2D eigenvalue weighted by molar-refractivity contribution is 5.96. The number of amides is 1. The minimum atomic E-state index is -0.951. The lowest BCUT2D eigenvalue weighted by atomic mass is 9.97. The summed E-state index contributed by atoms with van der Waals surface area (Å²) < 4.78 is 4.39. The SMILES string of the molecule is COC(=O)C(O)=CC(=O)N(C)C(c1ccccc1)c1ccccc1. The zero-order valence-electron chi connectivity index (χ0n) is 13.5. The number of likely N-dealkylation sites (N-methyl/N-ethyl adjacent to an activating group) is 1. The molecule has 0 saturated carbocycles. The molecule has 5 nitrogen and oxygen atoms in total. The molecule has 2 aromatic rings. The Balaban J connectivity index is 2.37. The van der Waals surface area contributed by atoms with Crippen LogP contribution < -0.4 is 0 Å². The second-order valence-corrected chi connectivity index (χ2v) is 5.19. The molecule has 0 aliphatic heterocycles. The van der Waals surface area contributed by atoms with Gasteiger partial charge in [0, 0.05) is 7.05 Å². The molecule has 0 atom stereocenters. The number of aliphatic hydroxyl groups excluding tert-OH is 1. The van der Waals surface area contributed by atoms with E-state index in [4.69, 9.17) is 0 Å². The first-order chi connectivity index (χ1) is 11.5. The van der Waals surface area contributed by atoms with E-state index in [-0.39, 0.29) is 6.04 Å². The molecule has 5 heteroatoms. The Morgan fingerprint density at radius 3 is 1.88 bits per heavy atom. The molecule has 0 bridgehead atoms. The summed E-state index contributed by atoms with van der Waals surface area (Å²) in [5.74, 6) is -2.18. The van der Waals surface area contributed by atoms with Crippen LogP contribution in [-0.2, 0) is 14.3 Å². The predicted octanol–water partition coefficient (Wildman–Crippen LogP) is 2.85. The van der Waals surface area contributed by atoms with Crippen LogP contribution in [0.2, 0.25) is 0 Å². The van der Waals surface area contributed by atoms with E-state index in [9.17, 15) is 14.7 Å². The van der Waals surface area contributed by atoms with E-state index >= 15 is 0 Å². The van der Waals surface area contributed by atoms with Crippen molar-refractivity contribution in [2.45, 2.75) is 6.04 Å². The Kier molecular flexibility index (Phi) is 5.73. The molecule has 1 N–H and O–H groups in total. The Morgan fingerprint density at radius 2 is 1.46 bits per heavy atom. The van der Waals surface area contributed by atoms with Crippen LogP contribution in [0.3, 0.4) is 0 Å². The van der Waals surface area contributed by atoms with E-state index in [1.54, 1.807) is 7.05 Å². The van der Waals surface area contributed by atoms with Crippen molar-refractivity contribution in [3.05, 3.63) is 83.6 Å². The van der Waals surface area contributed by atoms with Gasteiger partial charge in [-0.1, -0.05) is 60.7 Å². The Morgan fingerprint density at radius 1 is 1.00 bits per heavy atom. The van der Waals surface area contributed by atoms with E-state index in [2.05, 4.69) is 4.74 Å². The highest BCUT2D eigenvalue weighted by atomic mass is 16.5. The number of benzene rings is 2. The number of methoxy groups -OCH3 is 1. The maximum Gasteiger partial charge on any atom is 0.373 e. The lowest BCUT2D eigenvalue weighted by Gasteiger charge is -2.28. The van der Waals surface area contributed by atoms with E-state index in [0.717, 1.165) is 24.3 Å². The summed E-state index contributed by atoms with van der Waals surface area (Å²) >= 11 is 0. The average molecular weight is 325 g/mol. The molecule has 0 aliphatic carbocycles. The summed E-state index contributed by atoms with van der Waals surface area (Å²) in [6.07, 6.45) is 0.866. The topological polar surface area (TPSA) is 66.8 Å². The molecule has 0 heterocycles. The van der Waals surface area contributed by atoms with Crippen LogP contribution in [0.5, 0.6) is 0 Å². The van der Waals surface area contributed by atoms with Gasteiger partial charge in [0.1, 0.15) is 0 Å². The molecule has 2 rings (SSSR count). The minimum absolute atomic E-state index is 0.346. The highest BCUT2D eigenvalue weighted by Gasteiger charge is 2.23. The van der Waals surface area contributed by atoms with Gasteiger partial charge in [-0.15, -0.1) is 0 Å². The molecule has 124 valence electrons. The maximum absolute atomic E-state index is 12.4. The smallest absolute Gasteiger partial charge is 0.373 e. The maximum atomic E-state index is 12.4. The van der Waals surface area contributed by atoms with E-state index in [1.807, 2.05) is 60.7 Å². The first-order valence-corrected chi connectivity index (χ1v) is 7.40. The second kappa shape index (κ2) is 7.97. The predicted molar refractivity (Wildman–Crippen MR) is 90.2 cm³/mol. The number of aliphatic hydroxyl groups is 1. The molecule has 1 amide bonds. The normalized spacial score (nSPS) is 11.2. The van der Waals surface area contributed by atoms with Crippen LogP contribution in [0, 0.1) is 0 Å². The molecule has 0 aliphatic rings. The van der Waals surface area contributed by atoms with E-state index in [1.165, 1.54) is 4.90 Å². The second-order valence-electron chi connectivity index (χ2n) is 5.19. The van der Waals surface area contributed by atoms with Gasteiger partial charge in [0.05, 0.1) is 19.2 Å². The van der Waals surface area contributed by atoms with Gasteiger partial charge in [0.15, 0.2) is 0 Å². The van der Waals surface area contributed by atoms with Gasteiger partial charge in [0.2, 0.25) is 5.76 Å². The molecular weight excluding hydrogens is 306 g/mol. The van der Waals surface area contributed by atoms with Gasteiger partial charge >= 0.3 is 5.97 Å². The zero-order chi connectivity index (χ0) is 17.5. The van der Waals surface area contributed by atoms with Crippen molar-refractivity contribution in [1.29, 1.82) is 0 Å². The van der Waals surface area contributed by atoms with Crippen molar-refractivity contribution < 1.29 is 19.4 Å². The number of hydrogen-bond donors (Lipinski definition) is 1. The van der Waals surface area contributed by atoms with Gasteiger partial charge in [-0.05, 0) is 11.1 Å². The third-order valence-corrected chi connectivity index (χ3v) is 3.62. The summed E-state index contributed by atoms with van der Waals surface area (Å²) in [7, 11) is 2.76. The fourth-order valence-electron chi connectivity index (χ4n) is 2.42. The van der Waals surface area contributed by atoms with Crippen molar-refractivity contribution >= 4 is 11.9 Å². The van der Waals surface area contributed by atoms with Crippen molar-refractivity contribution in [3.63, 3.8) is 0 Å². The zero-order valence-corrected chi connectivity index (χ0v) is 13.5. The molecule has 24 heavy (non-hydrogen) atoms. The number of hydrogen-bond acceptors (Lipinski definition) is 4. The number of carbonyl (C=O) groups excluding carboxylic acids is 2. The molecule has 0 radical (unpaired) electrons. The van der Waals surface area contributed by atoms with Gasteiger partial charge < -0.3 is 14.7 Å². The van der Waals surface area contributed by atoms with Crippen LogP contribution in [-0.4, -0.2) is 36.0 Å². The molecule has 0 aromatic heterocycles. The van der Waals surface area contributed by atoms with Gasteiger partial charge in [0.25, 0.3) is 5.91 Å². The fourth-order valence-corrected chi connectivity index (χ4v) is 2.42. The van der Waals surface area contributed by atoms with E-state index in [0.29, 0.717) is 0 Å². The fraction of sp³-hybridized carbons (Fsp3) is 0.158. The number of nitrogens with zero attached hydrogens (tertiary/aromatic N) is 1. The lowest BCUT2D eigenvalue weighted by Crippen LogP contribution is -2.31. The summed E-state index contributed by atoms with van der Waals surface area (Å²) in [6.45, 7) is 0. The number of ether oxygens (including phenoxy) is 1. The van der Waals surface area contributed by atoms with Gasteiger partial charge in [-0.25, -0.2) is 4.79 Å². The third-order valence-electron chi connectivity index (χ3n) is 3.62. The molecule has 0 saturated heterocycles. The standard InChI is InChI=1S/C19H19NO4/c1-20(17(22)13-16(21)19(23)24-2)18(14-9-5-3-6-10-14)15-11-7-4-8-12-15/h3-13,18,21H,1-2H3. The summed E-state index contributed by atoms with van der Waals surface area (Å²) in [4.78, 5) is 25.2. The Labute approximate surface area is 140 Å². The Bertz CT molecular complexity index is 686. The molecule has 0 unspecified atom stereocenters. The monoisotopic (exact) mass is 325 g/mol. The highest BCUT2D eigenvalue weighted by Crippen LogP contribution is 2.27. The number of carbonyl (C=O) groups is 2. The first kappa shape index (κ1) is 17.3. The summed E-state index contributed by atoms with van der Waals surface area (Å²) in [6, 6.07) is 18.7. The van der Waals surface area contributed by atoms with Crippen LogP contribution in [0.1, 0.15) is 17.2 Å². The summed E-state index contributed by atoms with van der Waals surface area (Å²) in [5, 5.41) is 9.60. The van der Waals surface area contributed by atoms with Crippen LogP contribution >= 0.6 is 0 Å². The van der Waals surface area contributed by atoms with Crippen LogP contribution in [0.4, 0.5) is 0 Å². The molecule has 2 aromatic carbocycles. The quantitative estimate of drug-likeness (QED) is 0.521. The number of esters is 1. The lowest BCUT2D eigenvalue weighted by molar-refractivity contribution is -0.139. The minimum Gasteiger partial charge on any atom is -0.502 e. The number of rotatable bonds is 5. The largest absolute Gasteiger partial charge is 0.502 e. The third kappa shape index (κ3) is 4.01. The van der Waals surface area contributed by atoms with Crippen molar-refractivity contribution in [1.82, 2.24) is 4.90 Å². The van der Waals surface area contributed by atoms with Crippen LogP contribution in [0.15, 0.2) is 72.5 Å². The average Bonchev–Trinajstić information content (AvgIpc) is 2.62. The first-order valence-electron chi connectivity index (χ1n) is 7.40. The van der Waals surface area contributed by atoms with Crippen LogP contribution in [0.25, 0.3) is 0 Å². The van der Waals surface area contributed by atoms with Gasteiger partial charge in [-0.3, -0.25) is 4.79 Å². The molecular formula is C19H19NO4. The molecule has 0 spiro atoms.